The van der Waals surface area contributed by atoms with E-state index < -0.39 is 15.6 Å². The summed E-state index contributed by atoms with van der Waals surface area (Å²) in [6.07, 6.45) is 4.16. The topological polar surface area (TPSA) is 72.2 Å². The van der Waals surface area contributed by atoms with Gasteiger partial charge in [-0.3, -0.25) is 0 Å². The van der Waals surface area contributed by atoms with Crippen LogP contribution in [0, 0.1) is 11.8 Å². The molecule has 0 spiro atoms. The van der Waals surface area contributed by atoms with E-state index in [0.29, 0.717) is 12.5 Å². The Kier molecular flexibility index (Phi) is 4.98. The highest BCUT2D eigenvalue weighted by atomic mass is 32.2. The molecule has 0 amide bonds. The van der Waals surface area contributed by atoms with Crippen LogP contribution in [0.2, 0.25) is 0 Å². The molecule has 0 radical (unpaired) electrons. The minimum absolute atomic E-state index is 0.140. The minimum Gasteiger partial charge on any atom is -0.329 e. The van der Waals surface area contributed by atoms with Gasteiger partial charge in [0.15, 0.2) is 0 Å². The first-order valence-corrected chi connectivity index (χ1v) is 8.18. The maximum atomic E-state index is 12.1. The Balaban J connectivity index is 2.81. The van der Waals surface area contributed by atoms with Crippen molar-refractivity contribution < 1.29 is 8.42 Å². The van der Waals surface area contributed by atoms with Gasteiger partial charge in [-0.2, -0.15) is 0 Å². The first-order chi connectivity index (χ1) is 7.81. The van der Waals surface area contributed by atoms with Crippen LogP contribution >= 0.6 is 0 Å². The van der Waals surface area contributed by atoms with E-state index in [4.69, 9.17) is 5.73 Å². The van der Waals surface area contributed by atoms with Crippen LogP contribution < -0.4 is 10.5 Å². The number of sulfonamides is 1. The van der Waals surface area contributed by atoms with Gasteiger partial charge in [0.1, 0.15) is 0 Å². The smallest absolute Gasteiger partial charge is 0.212 e. The molecule has 0 saturated heterocycles. The summed E-state index contributed by atoms with van der Waals surface area (Å²) in [6.45, 7) is 6.33. The zero-order valence-corrected chi connectivity index (χ0v) is 12.0. The van der Waals surface area contributed by atoms with Gasteiger partial charge in [0.25, 0.3) is 0 Å². The lowest BCUT2D eigenvalue weighted by Crippen LogP contribution is -2.59. The van der Waals surface area contributed by atoms with Gasteiger partial charge in [-0.1, -0.05) is 33.6 Å². The van der Waals surface area contributed by atoms with Crippen molar-refractivity contribution in [3.05, 3.63) is 0 Å². The third-order valence-electron chi connectivity index (χ3n) is 3.73. The fraction of sp³-hybridized carbons (Fsp3) is 1.00. The maximum absolute atomic E-state index is 12.1. The van der Waals surface area contributed by atoms with E-state index in [0.717, 1.165) is 19.3 Å². The van der Waals surface area contributed by atoms with E-state index in [1.807, 2.05) is 13.8 Å². The Morgan fingerprint density at radius 1 is 1.41 bits per heavy atom. The quantitative estimate of drug-likeness (QED) is 0.788. The molecule has 1 aliphatic carbocycles. The molecule has 1 aliphatic rings. The van der Waals surface area contributed by atoms with Crippen molar-refractivity contribution in [2.45, 2.75) is 52.0 Å². The summed E-state index contributed by atoms with van der Waals surface area (Å²) in [6, 6.07) is 0. The van der Waals surface area contributed by atoms with Crippen molar-refractivity contribution in [3.63, 3.8) is 0 Å². The molecule has 1 rings (SSSR count). The van der Waals surface area contributed by atoms with Crippen molar-refractivity contribution in [1.82, 2.24) is 4.72 Å². The Labute approximate surface area is 105 Å². The molecule has 2 atom stereocenters. The third-order valence-corrected chi connectivity index (χ3v) is 5.55. The highest BCUT2D eigenvalue weighted by Gasteiger charge is 2.40. The van der Waals surface area contributed by atoms with Gasteiger partial charge < -0.3 is 5.73 Å². The lowest BCUT2D eigenvalue weighted by molar-refractivity contribution is 0.191. The summed E-state index contributed by atoms with van der Waals surface area (Å²) in [7, 11) is -3.21. The molecule has 17 heavy (non-hydrogen) atoms. The molecule has 0 aromatic heterocycles. The Bertz CT molecular complexity index is 340. The maximum Gasteiger partial charge on any atom is 0.212 e. The standard InChI is InChI=1S/C12H26N2O2S/c1-10(2)8-17(15,16)14-12(9-13)7-5-4-6-11(12)3/h10-11,14H,4-9,13H2,1-3H3. The van der Waals surface area contributed by atoms with Gasteiger partial charge in [-0.15, -0.1) is 0 Å². The molecule has 5 heteroatoms. The van der Waals surface area contributed by atoms with Crippen LogP contribution in [0.1, 0.15) is 46.5 Å². The van der Waals surface area contributed by atoms with E-state index >= 15 is 0 Å². The Hall–Kier alpha value is -0.130. The van der Waals surface area contributed by atoms with E-state index in [2.05, 4.69) is 11.6 Å². The van der Waals surface area contributed by atoms with Crippen LogP contribution in [-0.4, -0.2) is 26.3 Å². The second-order valence-electron chi connectivity index (χ2n) is 5.78. The summed E-state index contributed by atoms with van der Waals surface area (Å²) in [5.74, 6) is 0.644. The van der Waals surface area contributed by atoms with Crippen LogP contribution in [0.25, 0.3) is 0 Å². The first kappa shape index (κ1) is 14.9. The molecular weight excluding hydrogens is 236 g/mol. The normalized spacial score (nSPS) is 30.8. The number of hydrogen-bond donors (Lipinski definition) is 2. The Morgan fingerprint density at radius 2 is 2.06 bits per heavy atom. The van der Waals surface area contributed by atoms with E-state index in [1.54, 1.807) is 0 Å². The van der Waals surface area contributed by atoms with Gasteiger partial charge >= 0.3 is 0 Å². The van der Waals surface area contributed by atoms with Crippen molar-refractivity contribution in [1.29, 1.82) is 0 Å². The van der Waals surface area contributed by atoms with Crippen molar-refractivity contribution in [2.24, 2.45) is 17.6 Å². The second-order valence-corrected chi connectivity index (χ2v) is 7.55. The van der Waals surface area contributed by atoms with Gasteiger partial charge in [0.05, 0.1) is 5.75 Å². The van der Waals surface area contributed by atoms with Gasteiger partial charge in [0, 0.05) is 12.1 Å². The average Bonchev–Trinajstić information content (AvgIpc) is 2.19. The number of nitrogens with one attached hydrogen (secondary N) is 1. The van der Waals surface area contributed by atoms with Gasteiger partial charge in [-0.05, 0) is 24.7 Å². The van der Waals surface area contributed by atoms with Gasteiger partial charge in [-0.25, -0.2) is 13.1 Å². The van der Waals surface area contributed by atoms with E-state index in [-0.39, 0.29) is 11.7 Å². The van der Waals surface area contributed by atoms with Crippen molar-refractivity contribution >= 4 is 10.0 Å². The number of rotatable bonds is 5. The van der Waals surface area contributed by atoms with Crippen LogP contribution in [0.15, 0.2) is 0 Å². The minimum atomic E-state index is -3.21. The highest BCUT2D eigenvalue weighted by Crippen LogP contribution is 2.33. The largest absolute Gasteiger partial charge is 0.329 e. The summed E-state index contributed by atoms with van der Waals surface area (Å²) in [5.41, 5.74) is 5.43. The molecule has 0 aliphatic heterocycles. The monoisotopic (exact) mass is 262 g/mol. The molecular formula is C12H26N2O2S. The number of hydrogen-bond acceptors (Lipinski definition) is 3. The predicted molar refractivity (Wildman–Crippen MR) is 71.2 cm³/mol. The molecule has 1 fully saturated rings. The van der Waals surface area contributed by atoms with Crippen molar-refractivity contribution in [2.75, 3.05) is 12.3 Å². The van der Waals surface area contributed by atoms with Crippen molar-refractivity contribution in [3.8, 4) is 0 Å². The molecule has 102 valence electrons. The summed E-state index contributed by atoms with van der Waals surface area (Å²) in [5, 5.41) is 0. The fourth-order valence-electron chi connectivity index (χ4n) is 2.70. The number of nitrogens with two attached hydrogens (primary N) is 1. The fourth-order valence-corrected chi connectivity index (χ4v) is 4.67. The van der Waals surface area contributed by atoms with Gasteiger partial charge in [0.2, 0.25) is 10.0 Å². The third kappa shape index (κ3) is 3.93. The predicted octanol–water partition coefficient (Wildman–Crippen LogP) is 1.47. The van der Waals surface area contributed by atoms with E-state index in [1.165, 1.54) is 6.42 Å². The highest BCUT2D eigenvalue weighted by molar-refractivity contribution is 7.89. The molecule has 0 bridgehead atoms. The van der Waals surface area contributed by atoms with Crippen LogP contribution in [0.5, 0.6) is 0 Å². The Morgan fingerprint density at radius 3 is 2.53 bits per heavy atom. The summed E-state index contributed by atoms with van der Waals surface area (Å²) < 4.78 is 27.0. The van der Waals surface area contributed by atoms with E-state index in [9.17, 15) is 8.42 Å². The van der Waals surface area contributed by atoms with Crippen LogP contribution in [0.4, 0.5) is 0 Å². The SMILES string of the molecule is CC(C)CS(=O)(=O)NC1(CN)CCCCC1C. The van der Waals surface area contributed by atoms with Crippen LogP contribution in [-0.2, 0) is 10.0 Å². The molecule has 4 nitrogen and oxygen atoms in total. The first-order valence-electron chi connectivity index (χ1n) is 6.53. The molecule has 0 aromatic rings. The second kappa shape index (κ2) is 5.67. The molecule has 3 N–H and O–H groups in total. The summed E-state index contributed by atoms with van der Waals surface area (Å²) in [4.78, 5) is 0. The summed E-state index contributed by atoms with van der Waals surface area (Å²) >= 11 is 0. The lowest BCUT2D eigenvalue weighted by Gasteiger charge is -2.42. The molecule has 2 unspecified atom stereocenters. The van der Waals surface area contributed by atoms with Crippen LogP contribution in [0.3, 0.4) is 0 Å². The molecule has 0 heterocycles. The molecule has 1 saturated carbocycles. The zero-order chi connectivity index (χ0) is 13.1. The molecule has 0 aromatic carbocycles. The average molecular weight is 262 g/mol. The zero-order valence-electron chi connectivity index (χ0n) is 11.2. The lowest BCUT2D eigenvalue weighted by atomic mass is 9.74.